The van der Waals surface area contributed by atoms with Crippen molar-refractivity contribution in [3.8, 4) is 0 Å². The van der Waals surface area contributed by atoms with Crippen LogP contribution in [0, 0.1) is 0 Å². The quantitative estimate of drug-likeness (QED) is 0.686. The molecule has 3 rings (SSSR count). The van der Waals surface area contributed by atoms with Gasteiger partial charge in [-0.3, -0.25) is 4.79 Å². The smallest absolute Gasteiger partial charge is 0.233 e. The van der Waals surface area contributed by atoms with Crippen molar-refractivity contribution in [1.29, 1.82) is 0 Å². The zero-order valence-corrected chi connectivity index (χ0v) is 16.2. The van der Waals surface area contributed by atoms with E-state index in [2.05, 4.69) is 10.3 Å². The summed E-state index contributed by atoms with van der Waals surface area (Å²) in [5.74, 6) is -0.333. The molecular formula is C19H20N2O3S2. The normalized spacial score (nSPS) is 12.8. The van der Waals surface area contributed by atoms with Crippen LogP contribution in [-0.2, 0) is 14.6 Å². The van der Waals surface area contributed by atoms with Crippen molar-refractivity contribution in [2.75, 3.05) is 11.6 Å². The van der Waals surface area contributed by atoms with Crippen LogP contribution in [0.5, 0.6) is 0 Å². The maximum absolute atomic E-state index is 12.8. The first-order valence-electron chi connectivity index (χ1n) is 8.35. The Morgan fingerprint density at radius 3 is 2.58 bits per heavy atom. The Hall–Kier alpha value is -2.25. The van der Waals surface area contributed by atoms with E-state index in [0.29, 0.717) is 10.6 Å². The van der Waals surface area contributed by atoms with Gasteiger partial charge in [-0.1, -0.05) is 55.0 Å². The zero-order chi connectivity index (χ0) is 18.7. The summed E-state index contributed by atoms with van der Waals surface area (Å²) < 4.78 is 24.1. The molecule has 1 aromatic heterocycles. The topological polar surface area (TPSA) is 76.1 Å². The van der Waals surface area contributed by atoms with Crippen LogP contribution in [-0.4, -0.2) is 25.6 Å². The predicted molar refractivity (Wildman–Crippen MR) is 105 cm³/mol. The summed E-state index contributed by atoms with van der Waals surface area (Å²) in [5, 5.41) is 3.37. The molecule has 1 atom stereocenters. The third kappa shape index (κ3) is 4.11. The lowest BCUT2D eigenvalue weighted by Crippen LogP contribution is -2.21. The summed E-state index contributed by atoms with van der Waals surface area (Å²) in [7, 11) is -3.27. The van der Waals surface area contributed by atoms with Gasteiger partial charge in [0, 0.05) is 6.26 Å². The Balaban J connectivity index is 1.86. The molecule has 1 unspecified atom stereocenters. The van der Waals surface area contributed by atoms with Crippen molar-refractivity contribution in [1.82, 2.24) is 4.98 Å². The molecule has 5 nitrogen and oxygen atoms in total. The Morgan fingerprint density at radius 1 is 1.19 bits per heavy atom. The van der Waals surface area contributed by atoms with E-state index in [-0.39, 0.29) is 16.7 Å². The molecule has 0 bridgehead atoms. The average Bonchev–Trinajstić information content (AvgIpc) is 3.00. The highest BCUT2D eigenvalue weighted by Gasteiger charge is 2.21. The van der Waals surface area contributed by atoms with Crippen LogP contribution in [0.15, 0.2) is 53.4 Å². The van der Waals surface area contributed by atoms with Crippen LogP contribution in [0.2, 0.25) is 0 Å². The van der Waals surface area contributed by atoms with Crippen molar-refractivity contribution in [2.24, 2.45) is 0 Å². The molecule has 136 valence electrons. The van der Waals surface area contributed by atoms with E-state index in [9.17, 15) is 13.2 Å². The average molecular weight is 389 g/mol. The first kappa shape index (κ1) is 18.5. The molecule has 7 heteroatoms. The first-order valence-corrected chi connectivity index (χ1v) is 11.1. The first-order chi connectivity index (χ1) is 12.4. The molecule has 0 saturated carbocycles. The molecule has 1 N–H and O–H groups in total. The number of nitrogens with one attached hydrogen (secondary N) is 1. The maximum Gasteiger partial charge on any atom is 0.233 e. The van der Waals surface area contributed by atoms with Crippen LogP contribution < -0.4 is 5.32 Å². The summed E-state index contributed by atoms with van der Waals surface area (Å²) in [5.41, 5.74) is 1.65. The fraction of sp³-hybridized carbons (Fsp3) is 0.263. The number of hydrogen-bond acceptors (Lipinski definition) is 5. The van der Waals surface area contributed by atoms with E-state index in [0.717, 1.165) is 23.1 Å². The third-order valence-corrected chi connectivity index (χ3v) is 6.16. The van der Waals surface area contributed by atoms with Crippen molar-refractivity contribution in [2.45, 2.75) is 30.6 Å². The minimum absolute atomic E-state index is 0.0968. The molecule has 0 aliphatic rings. The molecule has 3 aromatic rings. The molecule has 0 radical (unpaired) electrons. The van der Waals surface area contributed by atoms with Gasteiger partial charge in [0.2, 0.25) is 5.91 Å². The van der Waals surface area contributed by atoms with E-state index >= 15 is 0 Å². The number of fused-ring (bicyclic) bond motifs is 1. The van der Waals surface area contributed by atoms with E-state index in [1.54, 1.807) is 12.1 Å². The molecule has 0 saturated heterocycles. The van der Waals surface area contributed by atoms with Crippen LogP contribution in [0.25, 0.3) is 10.2 Å². The highest BCUT2D eigenvalue weighted by atomic mass is 32.2. The minimum Gasteiger partial charge on any atom is -0.301 e. The molecule has 0 fully saturated rings. The second-order valence-corrected chi connectivity index (χ2v) is 9.21. The van der Waals surface area contributed by atoms with Crippen LogP contribution in [0.4, 0.5) is 5.13 Å². The van der Waals surface area contributed by atoms with Crippen molar-refractivity contribution in [3.05, 3.63) is 54.1 Å². The number of rotatable bonds is 6. The Bertz CT molecular complexity index is 1030. The summed E-state index contributed by atoms with van der Waals surface area (Å²) in [6, 6.07) is 14.5. The molecule has 2 aromatic carbocycles. The van der Waals surface area contributed by atoms with E-state index < -0.39 is 9.84 Å². The van der Waals surface area contributed by atoms with Crippen LogP contribution >= 0.6 is 11.3 Å². The minimum atomic E-state index is -3.27. The summed E-state index contributed by atoms with van der Waals surface area (Å²) in [4.78, 5) is 17.4. The van der Waals surface area contributed by atoms with Gasteiger partial charge in [0.1, 0.15) is 0 Å². The predicted octanol–water partition coefficient (Wildman–Crippen LogP) is 4.22. The Labute approximate surface area is 157 Å². The number of benzene rings is 2. The van der Waals surface area contributed by atoms with E-state index in [1.807, 2.05) is 37.3 Å². The van der Waals surface area contributed by atoms with Gasteiger partial charge in [-0.25, -0.2) is 13.4 Å². The molecule has 0 aliphatic heterocycles. The second-order valence-electron chi connectivity index (χ2n) is 6.16. The summed E-state index contributed by atoms with van der Waals surface area (Å²) >= 11 is 1.28. The van der Waals surface area contributed by atoms with Gasteiger partial charge in [-0.2, -0.15) is 0 Å². The van der Waals surface area contributed by atoms with E-state index in [4.69, 9.17) is 0 Å². The molecule has 26 heavy (non-hydrogen) atoms. The number of carbonyl (C=O) groups excluding carboxylic acids is 1. The van der Waals surface area contributed by atoms with Crippen molar-refractivity contribution >= 4 is 42.4 Å². The Kier molecular flexibility index (Phi) is 5.38. The molecule has 0 aliphatic carbocycles. The van der Waals surface area contributed by atoms with Gasteiger partial charge in [0.25, 0.3) is 0 Å². The number of sulfone groups is 1. The number of anilines is 1. The maximum atomic E-state index is 12.8. The lowest BCUT2D eigenvalue weighted by Gasteiger charge is -2.15. The number of carbonyl (C=O) groups is 1. The van der Waals surface area contributed by atoms with E-state index in [1.165, 1.54) is 23.7 Å². The molecular weight excluding hydrogens is 368 g/mol. The highest BCUT2D eigenvalue weighted by molar-refractivity contribution is 7.90. The van der Waals surface area contributed by atoms with Gasteiger partial charge in [-0.05, 0) is 30.2 Å². The molecule has 0 spiro atoms. The number of nitrogens with zero attached hydrogens (tertiary/aromatic N) is 1. The van der Waals surface area contributed by atoms with Crippen molar-refractivity contribution in [3.63, 3.8) is 0 Å². The number of amides is 1. The van der Waals surface area contributed by atoms with Gasteiger partial charge in [-0.15, -0.1) is 0 Å². The van der Waals surface area contributed by atoms with Gasteiger partial charge < -0.3 is 5.32 Å². The second kappa shape index (κ2) is 7.55. The molecule has 1 amide bonds. The lowest BCUT2D eigenvalue weighted by atomic mass is 9.94. The lowest BCUT2D eigenvalue weighted by molar-refractivity contribution is -0.117. The highest BCUT2D eigenvalue weighted by Crippen LogP contribution is 2.30. The van der Waals surface area contributed by atoms with Gasteiger partial charge in [0.05, 0.1) is 21.0 Å². The standard InChI is InChI=1S/C19H20N2O3S2/c1-3-7-15(13-8-5-4-6-9-13)18(22)21-19-20-16-11-10-14(26(2,23)24)12-17(16)25-19/h4-6,8-12,15H,3,7H2,1-2H3,(H,20,21,22). The Morgan fingerprint density at radius 2 is 1.92 bits per heavy atom. The summed E-state index contributed by atoms with van der Waals surface area (Å²) in [6.07, 6.45) is 2.82. The number of thiazole rings is 1. The van der Waals surface area contributed by atoms with Gasteiger partial charge in [0.15, 0.2) is 15.0 Å². The molecule has 1 heterocycles. The van der Waals surface area contributed by atoms with Gasteiger partial charge >= 0.3 is 0 Å². The SMILES string of the molecule is CCCC(C(=O)Nc1nc2ccc(S(C)(=O)=O)cc2s1)c1ccccc1. The summed E-state index contributed by atoms with van der Waals surface area (Å²) in [6.45, 7) is 2.05. The fourth-order valence-corrected chi connectivity index (χ4v) is 4.43. The number of aromatic nitrogens is 1. The van der Waals surface area contributed by atoms with Crippen molar-refractivity contribution < 1.29 is 13.2 Å². The monoisotopic (exact) mass is 388 g/mol. The number of hydrogen-bond donors (Lipinski definition) is 1. The third-order valence-electron chi connectivity index (χ3n) is 4.11. The van der Waals surface area contributed by atoms with Crippen LogP contribution in [0.3, 0.4) is 0 Å². The van der Waals surface area contributed by atoms with Crippen LogP contribution in [0.1, 0.15) is 31.2 Å². The zero-order valence-electron chi connectivity index (χ0n) is 14.6. The largest absolute Gasteiger partial charge is 0.301 e. The fourth-order valence-electron chi connectivity index (χ4n) is 2.80.